The quantitative estimate of drug-likeness (QED) is 0.229. The zero-order valence-electron chi connectivity index (χ0n) is 23.4. The number of hydrogen-bond donors (Lipinski definition) is 0. The Labute approximate surface area is 213 Å². The number of carbonyl (C=O) groups excluding carboxylic acids is 1. The SMILES string of the molecule is CCOC(=O)[C@@H]1[C@H]2[C@@H](O[Si](C)(C)C(C)(C)C)C[C@H](C)C[C@@H]2C(C)=C[C@@H]1c1cc(OC)cc(OC)c1. The lowest BCUT2D eigenvalue weighted by molar-refractivity contribution is -0.155. The van der Waals surface area contributed by atoms with Crippen LogP contribution >= 0.6 is 0 Å². The second kappa shape index (κ2) is 10.7. The standard InChI is InChI=1S/C29H46O5Si/c1-11-33-28(30)27-24(20-15-21(31-7)17-22(16-20)32-8)14-19(3)23-12-18(2)13-25(26(23)27)34-35(9,10)29(4,5)6/h14-18,23-27H,11-13H2,1-10H3/t18-,23-,24-,25+,26-,27+/m1/s1. The van der Waals surface area contributed by atoms with Crippen molar-refractivity contribution < 1.29 is 23.4 Å². The maximum atomic E-state index is 13.7. The average Bonchev–Trinajstić information content (AvgIpc) is 2.78. The zero-order valence-corrected chi connectivity index (χ0v) is 24.4. The number of allylic oxidation sites excluding steroid dienone is 2. The molecule has 0 bridgehead atoms. The van der Waals surface area contributed by atoms with Crippen LogP contribution < -0.4 is 9.47 Å². The molecule has 5 nitrogen and oxygen atoms in total. The van der Waals surface area contributed by atoms with Crippen LogP contribution in [0.4, 0.5) is 0 Å². The van der Waals surface area contributed by atoms with E-state index in [0.29, 0.717) is 18.4 Å². The smallest absolute Gasteiger partial charge is 0.310 e. The first-order valence-electron chi connectivity index (χ1n) is 13.1. The van der Waals surface area contributed by atoms with Gasteiger partial charge in [-0.1, -0.05) is 39.3 Å². The fraction of sp³-hybridized carbons (Fsp3) is 0.690. The van der Waals surface area contributed by atoms with Gasteiger partial charge < -0.3 is 18.6 Å². The maximum absolute atomic E-state index is 13.7. The Morgan fingerprint density at radius 3 is 2.17 bits per heavy atom. The van der Waals surface area contributed by atoms with Crippen LogP contribution in [0.5, 0.6) is 11.5 Å². The second-order valence-corrected chi connectivity index (χ2v) is 16.8. The minimum Gasteiger partial charge on any atom is -0.497 e. The molecule has 35 heavy (non-hydrogen) atoms. The van der Waals surface area contributed by atoms with E-state index >= 15 is 0 Å². The summed E-state index contributed by atoms with van der Waals surface area (Å²) in [4.78, 5) is 13.7. The lowest BCUT2D eigenvalue weighted by Gasteiger charge is -2.52. The molecule has 2 aliphatic rings. The van der Waals surface area contributed by atoms with Crippen molar-refractivity contribution in [1.29, 1.82) is 0 Å². The Kier molecular flexibility index (Phi) is 8.48. The molecule has 0 aromatic heterocycles. The molecule has 3 rings (SSSR count). The van der Waals surface area contributed by atoms with E-state index in [-0.39, 0.29) is 34.9 Å². The van der Waals surface area contributed by atoms with Crippen LogP contribution in [0, 0.1) is 23.7 Å². The molecular formula is C29H46O5Si. The lowest BCUT2D eigenvalue weighted by Crippen LogP contribution is -2.53. The molecule has 0 heterocycles. The molecular weight excluding hydrogens is 456 g/mol. The predicted molar refractivity (Wildman–Crippen MR) is 144 cm³/mol. The van der Waals surface area contributed by atoms with Crippen molar-refractivity contribution in [2.75, 3.05) is 20.8 Å². The summed E-state index contributed by atoms with van der Waals surface area (Å²) in [6.07, 6.45) is 4.37. The Morgan fingerprint density at radius 1 is 1.06 bits per heavy atom. The van der Waals surface area contributed by atoms with Gasteiger partial charge >= 0.3 is 5.97 Å². The van der Waals surface area contributed by atoms with Crippen molar-refractivity contribution in [3.63, 3.8) is 0 Å². The highest BCUT2D eigenvalue weighted by atomic mass is 28.4. The summed E-state index contributed by atoms with van der Waals surface area (Å²) in [5.41, 5.74) is 2.36. The first-order valence-corrected chi connectivity index (χ1v) is 16.0. The topological polar surface area (TPSA) is 54.0 Å². The number of benzene rings is 1. The molecule has 0 N–H and O–H groups in total. The van der Waals surface area contributed by atoms with E-state index in [2.05, 4.69) is 53.8 Å². The average molecular weight is 503 g/mol. The molecule has 0 amide bonds. The molecule has 0 radical (unpaired) electrons. The number of carbonyl (C=O) groups is 1. The molecule has 0 aliphatic heterocycles. The van der Waals surface area contributed by atoms with Crippen LogP contribution in [-0.4, -0.2) is 41.2 Å². The van der Waals surface area contributed by atoms with Crippen molar-refractivity contribution in [1.82, 2.24) is 0 Å². The van der Waals surface area contributed by atoms with Crippen LogP contribution in [0.15, 0.2) is 29.8 Å². The number of ether oxygens (including phenoxy) is 3. The lowest BCUT2D eigenvalue weighted by atomic mass is 9.58. The van der Waals surface area contributed by atoms with Crippen molar-refractivity contribution in [3.05, 3.63) is 35.4 Å². The van der Waals surface area contributed by atoms with Gasteiger partial charge in [-0.25, -0.2) is 0 Å². The molecule has 1 fully saturated rings. The predicted octanol–water partition coefficient (Wildman–Crippen LogP) is 6.98. The summed E-state index contributed by atoms with van der Waals surface area (Å²) in [7, 11) is 1.27. The monoisotopic (exact) mass is 502 g/mol. The Hall–Kier alpha value is -1.79. The van der Waals surface area contributed by atoms with Crippen molar-refractivity contribution >= 4 is 14.3 Å². The van der Waals surface area contributed by atoms with Crippen LogP contribution in [0.2, 0.25) is 18.1 Å². The highest BCUT2D eigenvalue weighted by Gasteiger charge is 2.53. The zero-order chi connectivity index (χ0) is 26.1. The fourth-order valence-electron chi connectivity index (χ4n) is 5.77. The summed E-state index contributed by atoms with van der Waals surface area (Å²) in [6, 6.07) is 5.92. The van der Waals surface area contributed by atoms with Crippen molar-refractivity contribution in [2.45, 2.75) is 84.5 Å². The molecule has 1 saturated carbocycles. The van der Waals surface area contributed by atoms with E-state index < -0.39 is 8.32 Å². The van der Waals surface area contributed by atoms with Gasteiger partial charge in [0.15, 0.2) is 8.32 Å². The van der Waals surface area contributed by atoms with Gasteiger partial charge in [0.1, 0.15) is 11.5 Å². The first-order chi connectivity index (χ1) is 16.3. The molecule has 6 heteroatoms. The van der Waals surface area contributed by atoms with Crippen LogP contribution in [-0.2, 0) is 14.0 Å². The molecule has 0 spiro atoms. The molecule has 6 atom stereocenters. The third kappa shape index (κ3) is 5.80. The van der Waals surface area contributed by atoms with Gasteiger partial charge in [-0.3, -0.25) is 4.79 Å². The Balaban J connectivity index is 2.15. The van der Waals surface area contributed by atoms with E-state index in [1.807, 2.05) is 25.1 Å². The third-order valence-electron chi connectivity index (χ3n) is 8.58. The number of methoxy groups -OCH3 is 2. The molecule has 0 unspecified atom stereocenters. The summed E-state index contributed by atoms with van der Waals surface area (Å²) < 4.78 is 24.0. The van der Waals surface area contributed by atoms with Gasteiger partial charge in [0.25, 0.3) is 0 Å². The largest absolute Gasteiger partial charge is 0.497 e. The number of fused-ring (bicyclic) bond motifs is 1. The summed E-state index contributed by atoms with van der Waals surface area (Å²) in [5.74, 6) is 1.81. The normalized spacial score (nSPS) is 29.1. The summed E-state index contributed by atoms with van der Waals surface area (Å²) >= 11 is 0. The maximum Gasteiger partial charge on any atom is 0.310 e. The van der Waals surface area contributed by atoms with Crippen LogP contribution in [0.3, 0.4) is 0 Å². The van der Waals surface area contributed by atoms with Crippen molar-refractivity contribution in [2.24, 2.45) is 23.7 Å². The van der Waals surface area contributed by atoms with E-state index in [1.165, 1.54) is 5.57 Å². The Bertz CT molecular complexity index is 909. The van der Waals surface area contributed by atoms with Crippen LogP contribution in [0.1, 0.15) is 65.9 Å². The summed E-state index contributed by atoms with van der Waals surface area (Å²) in [6.45, 7) is 18.3. The van der Waals surface area contributed by atoms with Crippen LogP contribution in [0.25, 0.3) is 0 Å². The van der Waals surface area contributed by atoms with Gasteiger partial charge in [0, 0.05) is 24.0 Å². The third-order valence-corrected chi connectivity index (χ3v) is 13.1. The van der Waals surface area contributed by atoms with Gasteiger partial charge in [0.05, 0.1) is 26.7 Å². The van der Waals surface area contributed by atoms with Gasteiger partial charge in [0.2, 0.25) is 0 Å². The molecule has 1 aromatic rings. The van der Waals surface area contributed by atoms with E-state index in [1.54, 1.807) is 14.2 Å². The minimum atomic E-state index is -2.05. The first kappa shape index (κ1) is 27.8. The molecule has 196 valence electrons. The second-order valence-electron chi connectivity index (χ2n) is 12.0. The molecule has 0 saturated heterocycles. The number of hydrogen-bond acceptors (Lipinski definition) is 5. The highest BCUT2D eigenvalue weighted by molar-refractivity contribution is 6.74. The van der Waals surface area contributed by atoms with E-state index in [4.69, 9.17) is 18.6 Å². The van der Waals surface area contributed by atoms with E-state index in [0.717, 1.165) is 29.9 Å². The minimum absolute atomic E-state index is 0.0256. The number of esters is 1. The van der Waals surface area contributed by atoms with Gasteiger partial charge in [-0.15, -0.1) is 0 Å². The Morgan fingerprint density at radius 2 is 1.66 bits per heavy atom. The number of rotatable bonds is 7. The van der Waals surface area contributed by atoms with E-state index in [9.17, 15) is 4.79 Å². The summed E-state index contributed by atoms with van der Waals surface area (Å²) in [5, 5.41) is 0.0989. The van der Waals surface area contributed by atoms with Gasteiger partial charge in [-0.05, 0) is 74.4 Å². The van der Waals surface area contributed by atoms with Crippen molar-refractivity contribution in [3.8, 4) is 11.5 Å². The highest BCUT2D eigenvalue weighted by Crippen LogP contribution is 2.53. The fourth-order valence-corrected chi connectivity index (χ4v) is 7.13. The van der Waals surface area contributed by atoms with Gasteiger partial charge in [-0.2, -0.15) is 0 Å². The molecule has 1 aromatic carbocycles. The molecule has 2 aliphatic carbocycles.